The van der Waals surface area contributed by atoms with Crippen molar-refractivity contribution in [2.75, 3.05) is 17.7 Å². The molecule has 2 aromatic carbocycles. The summed E-state index contributed by atoms with van der Waals surface area (Å²) in [6.45, 7) is 7.73. The van der Waals surface area contributed by atoms with Gasteiger partial charge in [0.1, 0.15) is 5.75 Å². The van der Waals surface area contributed by atoms with E-state index in [2.05, 4.69) is 32.2 Å². The largest absolute Gasteiger partial charge is 0.438 e. The van der Waals surface area contributed by atoms with Crippen LogP contribution < -0.4 is 15.4 Å². The van der Waals surface area contributed by atoms with Crippen LogP contribution in [0, 0.1) is 0 Å². The molecule has 1 amide bonds. The fraction of sp³-hybridized carbons (Fsp3) is 0.143. The number of benzene rings is 2. The molecule has 0 bridgehead atoms. The second kappa shape index (κ2) is 12.5. The molecule has 10 heteroatoms. The van der Waals surface area contributed by atoms with Gasteiger partial charge < -0.3 is 15.4 Å². The normalized spacial score (nSPS) is 10.6. The molecule has 0 saturated heterocycles. The van der Waals surface area contributed by atoms with Gasteiger partial charge in [-0.3, -0.25) is 4.79 Å². The number of carbonyl (C=O) groups excluding carboxylic acids is 1. The molecule has 0 atom stereocenters. The number of aromatic nitrogens is 3. The van der Waals surface area contributed by atoms with Crippen LogP contribution in [-0.4, -0.2) is 27.9 Å². The summed E-state index contributed by atoms with van der Waals surface area (Å²) in [7, 11) is 1.70. The smallest absolute Gasteiger partial charge is 0.416 e. The van der Waals surface area contributed by atoms with Crippen LogP contribution >= 0.6 is 0 Å². The number of hydrogen-bond acceptors (Lipinski definition) is 6. The zero-order valence-electron chi connectivity index (χ0n) is 21.0. The van der Waals surface area contributed by atoms with Crippen LogP contribution in [0.5, 0.6) is 11.6 Å². The number of pyridine rings is 1. The molecule has 2 heterocycles. The molecule has 0 aliphatic rings. The topological polar surface area (TPSA) is 89.0 Å². The average Bonchev–Trinajstić information content (AvgIpc) is 2.94. The first kappa shape index (κ1) is 27.9. The Balaban J connectivity index is 0.00000195. The molecule has 196 valence electrons. The van der Waals surface area contributed by atoms with Crippen molar-refractivity contribution in [3.8, 4) is 22.9 Å². The van der Waals surface area contributed by atoms with E-state index in [1.165, 1.54) is 24.3 Å². The van der Waals surface area contributed by atoms with Crippen molar-refractivity contribution < 1.29 is 22.7 Å². The van der Waals surface area contributed by atoms with E-state index in [9.17, 15) is 18.0 Å². The van der Waals surface area contributed by atoms with Crippen molar-refractivity contribution in [3.63, 3.8) is 0 Å². The van der Waals surface area contributed by atoms with Gasteiger partial charge in [-0.2, -0.15) is 13.2 Å². The highest BCUT2D eigenvalue weighted by Crippen LogP contribution is 2.33. The number of ether oxygens (including phenoxy) is 1. The van der Waals surface area contributed by atoms with E-state index < -0.39 is 17.6 Å². The molecule has 0 fully saturated rings. The summed E-state index contributed by atoms with van der Waals surface area (Å²) < 4.78 is 45.1. The van der Waals surface area contributed by atoms with Gasteiger partial charge in [-0.05, 0) is 60.2 Å². The van der Waals surface area contributed by atoms with Crippen molar-refractivity contribution in [1.82, 2.24) is 15.0 Å². The number of amides is 1. The first-order valence-corrected chi connectivity index (χ1v) is 11.7. The summed E-state index contributed by atoms with van der Waals surface area (Å²) >= 11 is 0. The summed E-state index contributed by atoms with van der Waals surface area (Å²) in [5, 5.41) is 5.37. The van der Waals surface area contributed by atoms with E-state index in [4.69, 9.17) is 4.74 Å². The predicted octanol–water partition coefficient (Wildman–Crippen LogP) is 7.31. The van der Waals surface area contributed by atoms with Gasteiger partial charge in [0.05, 0.1) is 16.8 Å². The summed E-state index contributed by atoms with van der Waals surface area (Å²) in [5.41, 5.74) is 1.04. The molecule has 38 heavy (non-hydrogen) atoms. The second-order valence-electron chi connectivity index (χ2n) is 7.50. The van der Waals surface area contributed by atoms with Gasteiger partial charge in [0.25, 0.3) is 5.91 Å². The molecule has 2 aromatic heterocycles. The highest BCUT2D eigenvalue weighted by molar-refractivity contribution is 6.05. The van der Waals surface area contributed by atoms with Gasteiger partial charge in [0.15, 0.2) is 0 Å². The van der Waals surface area contributed by atoms with E-state index >= 15 is 0 Å². The fourth-order valence-electron chi connectivity index (χ4n) is 3.31. The number of anilines is 2. The first-order valence-electron chi connectivity index (χ1n) is 11.7. The highest BCUT2D eigenvalue weighted by Gasteiger charge is 2.30. The number of alkyl halides is 3. The van der Waals surface area contributed by atoms with Crippen molar-refractivity contribution in [2.24, 2.45) is 0 Å². The van der Waals surface area contributed by atoms with Crippen LogP contribution in [0.3, 0.4) is 0 Å². The Bertz CT molecular complexity index is 1420. The maximum Gasteiger partial charge on any atom is 0.416 e. The van der Waals surface area contributed by atoms with E-state index in [1.54, 1.807) is 49.8 Å². The van der Waals surface area contributed by atoms with Crippen molar-refractivity contribution in [2.45, 2.75) is 20.0 Å². The summed E-state index contributed by atoms with van der Waals surface area (Å²) in [4.78, 5) is 25.7. The molecule has 0 spiro atoms. The van der Waals surface area contributed by atoms with Gasteiger partial charge >= 0.3 is 6.18 Å². The Morgan fingerprint density at radius 2 is 1.79 bits per heavy atom. The van der Waals surface area contributed by atoms with Crippen LogP contribution in [0.4, 0.5) is 24.8 Å². The maximum atomic E-state index is 13.0. The molecule has 0 unspecified atom stereocenters. The van der Waals surface area contributed by atoms with Crippen LogP contribution in [-0.2, 0) is 6.18 Å². The van der Waals surface area contributed by atoms with E-state index in [0.29, 0.717) is 22.8 Å². The van der Waals surface area contributed by atoms with Crippen LogP contribution in [0.25, 0.3) is 17.3 Å². The lowest BCUT2D eigenvalue weighted by molar-refractivity contribution is -0.137. The summed E-state index contributed by atoms with van der Waals surface area (Å²) in [5.74, 6) is 0.330. The predicted molar refractivity (Wildman–Crippen MR) is 142 cm³/mol. The number of carbonyl (C=O) groups is 1. The molecular formula is C28H26F3N5O2. The zero-order valence-corrected chi connectivity index (χ0v) is 21.0. The van der Waals surface area contributed by atoms with Crippen LogP contribution in [0.15, 0.2) is 79.6 Å². The van der Waals surface area contributed by atoms with Crippen molar-refractivity contribution in [3.05, 3.63) is 96.3 Å². The van der Waals surface area contributed by atoms with Gasteiger partial charge in [0, 0.05) is 30.7 Å². The Labute approximate surface area is 218 Å². The molecule has 0 aliphatic carbocycles. The Morgan fingerprint density at radius 3 is 2.50 bits per heavy atom. The third kappa shape index (κ3) is 6.94. The highest BCUT2D eigenvalue weighted by atomic mass is 19.4. The van der Waals surface area contributed by atoms with Crippen LogP contribution in [0.2, 0.25) is 0 Å². The summed E-state index contributed by atoms with van der Waals surface area (Å²) in [6.07, 6.45) is 0.149. The van der Waals surface area contributed by atoms with Gasteiger partial charge in [-0.15, -0.1) is 0 Å². The minimum Gasteiger partial charge on any atom is -0.438 e. The fourth-order valence-corrected chi connectivity index (χ4v) is 3.31. The standard InChI is InChI=1S/C26H20F3N5O2.C2H6/c1-3-16-12-17(23(35)33-19-7-4-6-18(15-19)26(27,28)29)14-20(13-16)36-24-21(8-5-10-31-24)22-9-11-32-25(30-2)34-22;1-2/h3-15H,1H2,2H3,(H,33,35)(H,30,32,34);1-2H3. The molecule has 4 rings (SSSR count). The quantitative estimate of drug-likeness (QED) is 0.265. The summed E-state index contributed by atoms with van der Waals surface area (Å²) in [6, 6.07) is 14.3. The second-order valence-corrected chi connectivity index (χ2v) is 7.50. The number of nitrogens with zero attached hydrogens (tertiary/aromatic N) is 3. The SMILES string of the molecule is C=Cc1cc(Oc2ncccc2-c2ccnc(NC)n2)cc(C(=O)Nc2cccc(C(F)(F)F)c2)c1.CC. The number of rotatable bonds is 7. The lowest BCUT2D eigenvalue weighted by Crippen LogP contribution is -2.13. The number of hydrogen-bond donors (Lipinski definition) is 2. The molecule has 4 aromatic rings. The third-order valence-corrected chi connectivity index (χ3v) is 5.02. The van der Waals surface area contributed by atoms with E-state index in [1.807, 2.05) is 13.8 Å². The lowest BCUT2D eigenvalue weighted by Gasteiger charge is -2.13. The van der Waals surface area contributed by atoms with Gasteiger partial charge in [0.2, 0.25) is 11.8 Å². The zero-order chi connectivity index (χ0) is 27.7. The van der Waals surface area contributed by atoms with Gasteiger partial charge in [-0.25, -0.2) is 15.0 Å². The minimum absolute atomic E-state index is 0.0115. The minimum atomic E-state index is -4.53. The van der Waals surface area contributed by atoms with Crippen molar-refractivity contribution >= 4 is 23.6 Å². The van der Waals surface area contributed by atoms with E-state index in [0.717, 1.165) is 12.1 Å². The average molecular weight is 522 g/mol. The molecule has 0 radical (unpaired) electrons. The Hall–Kier alpha value is -4.73. The van der Waals surface area contributed by atoms with Crippen LogP contribution in [0.1, 0.15) is 35.3 Å². The third-order valence-electron chi connectivity index (χ3n) is 5.02. The lowest BCUT2D eigenvalue weighted by atomic mass is 10.1. The maximum absolute atomic E-state index is 13.0. The Kier molecular flexibility index (Phi) is 9.15. The number of halogens is 3. The molecule has 0 aliphatic heterocycles. The molecule has 0 saturated carbocycles. The molecule has 2 N–H and O–H groups in total. The first-order chi connectivity index (χ1) is 18.3. The van der Waals surface area contributed by atoms with Gasteiger partial charge in [-0.1, -0.05) is 32.6 Å². The molecule has 7 nitrogen and oxygen atoms in total. The monoisotopic (exact) mass is 521 g/mol. The molecular weight excluding hydrogens is 495 g/mol. The number of nitrogens with one attached hydrogen (secondary N) is 2. The Morgan fingerprint density at radius 1 is 1.00 bits per heavy atom. The van der Waals surface area contributed by atoms with Crippen molar-refractivity contribution in [1.29, 1.82) is 0 Å². The van der Waals surface area contributed by atoms with E-state index in [-0.39, 0.29) is 22.9 Å².